The van der Waals surface area contributed by atoms with Crippen LogP contribution in [-0.2, 0) is 4.79 Å². The van der Waals surface area contributed by atoms with E-state index in [2.05, 4.69) is 9.97 Å². The SMILES string of the molecule is CC(C)C(=O)CSc1ncccn1. The summed E-state index contributed by atoms with van der Waals surface area (Å²) in [6.45, 7) is 3.80. The molecule has 1 rings (SSSR count). The maximum absolute atomic E-state index is 11.2. The fourth-order valence-electron chi connectivity index (χ4n) is 0.662. The molecular weight excluding hydrogens is 184 g/mol. The topological polar surface area (TPSA) is 42.9 Å². The van der Waals surface area contributed by atoms with E-state index in [1.165, 1.54) is 11.8 Å². The number of hydrogen-bond donors (Lipinski definition) is 0. The molecule has 4 heteroatoms. The number of ketones is 1. The van der Waals surface area contributed by atoms with Crippen molar-refractivity contribution in [2.24, 2.45) is 5.92 Å². The van der Waals surface area contributed by atoms with E-state index in [1.807, 2.05) is 13.8 Å². The zero-order valence-corrected chi connectivity index (χ0v) is 8.54. The molecule has 3 nitrogen and oxygen atoms in total. The third kappa shape index (κ3) is 3.55. The van der Waals surface area contributed by atoms with E-state index in [-0.39, 0.29) is 11.7 Å². The Hall–Kier alpha value is -0.900. The molecule has 0 radical (unpaired) electrons. The van der Waals surface area contributed by atoms with Gasteiger partial charge in [0, 0.05) is 18.3 Å². The van der Waals surface area contributed by atoms with E-state index in [0.717, 1.165) is 0 Å². The molecule has 70 valence electrons. The first-order valence-corrected chi connectivity index (χ1v) is 5.11. The zero-order chi connectivity index (χ0) is 9.68. The minimum Gasteiger partial charge on any atom is -0.298 e. The molecule has 0 bridgehead atoms. The largest absolute Gasteiger partial charge is 0.298 e. The van der Waals surface area contributed by atoms with Gasteiger partial charge in [0.05, 0.1) is 5.75 Å². The average Bonchev–Trinajstić information content (AvgIpc) is 2.15. The van der Waals surface area contributed by atoms with Crippen LogP contribution >= 0.6 is 11.8 Å². The Kier molecular flexibility index (Phi) is 3.89. The molecule has 1 aromatic heterocycles. The summed E-state index contributed by atoms with van der Waals surface area (Å²) in [5.41, 5.74) is 0. The van der Waals surface area contributed by atoms with Crippen molar-refractivity contribution in [3.05, 3.63) is 18.5 Å². The molecule has 13 heavy (non-hydrogen) atoms. The Balaban J connectivity index is 2.40. The van der Waals surface area contributed by atoms with Crippen molar-refractivity contribution in [2.75, 3.05) is 5.75 Å². The van der Waals surface area contributed by atoms with Gasteiger partial charge in [0.1, 0.15) is 5.78 Å². The molecule has 0 spiro atoms. The summed E-state index contributed by atoms with van der Waals surface area (Å²) in [6.07, 6.45) is 3.35. The first kappa shape index (κ1) is 10.2. The number of carbonyl (C=O) groups is 1. The van der Waals surface area contributed by atoms with Gasteiger partial charge in [-0.25, -0.2) is 9.97 Å². The Morgan fingerprint density at radius 2 is 2.08 bits per heavy atom. The fourth-order valence-corrected chi connectivity index (χ4v) is 1.54. The second-order valence-electron chi connectivity index (χ2n) is 2.94. The number of carbonyl (C=O) groups excluding carboxylic acids is 1. The van der Waals surface area contributed by atoms with Gasteiger partial charge in [-0.05, 0) is 6.07 Å². The first-order chi connectivity index (χ1) is 6.20. The highest BCUT2D eigenvalue weighted by Gasteiger charge is 2.08. The van der Waals surface area contributed by atoms with Crippen LogP contribution in [0.25, 0.3) is 0 Å². The second-order valence-corrected chi connectivity index (χ2v) is 3.88. The van der Waals surface area contributed by atoms with E-state index in [0.29, 0.717) is 10.9 Å². The lowest BCUT2D eigenvalue weighted by atomic mass is 10.1. The molecule has 0 aliphatic heterocycles. The fraction of sp³-hybridized carbons (Fsp3) is 0.444. The molecule has 0 N–H and O–H groups in total. The van der Waals surface area contributed by atoms with Gasteiger partial charge in [-0.3, -0.25) is 4.79 Å². The van der Waals surface area contributed by atoms with Crippen molar-refractivity contribution >= 4 is 17.5 Å². The highest BCUT2D eigenvalue weighted by Crippen LogP contribution is 2.12. The van der Waals surface area contributed by atoms with Crippen molar-refractivity contribution in [1.82, 2.24) is 9.97 Å². The summed E-state index contributed by atoms with van der Waals surface area (Å²) in [7, 11) is 0. The van der Waals surface area contributed by atoms with Crippen LogP contribution in [0.5, 0.6) is 0 Å². The Bertz CT molecular complexity index is 274. The van der Waals surface area contributed by atoms with E-state index < -0.39 is 0 Å². The van der Waals surface area contributed by atoms with E-state index in [1.54, 1.807) is 18.5 Å². The standard InChI is InChI=1S/C9H12N2OS/c1-7(2)8(12)6-13-9-10-4-3-5-11-9/h3-5,7H,6H2,1-2H3. The molecule has 1 aromatic rings. The van der Waals surface area contributed by atoms with Crippen molar-refractivity contribution < 1.29 is 4.79 Å². The Labute approximate surface area is 82.0 Å². The molecule has 0 saturated carbocycles. The van der Waals surface area contributed by atoms with Gasteiger partial charge in [0.15, 0.2) is 5.16 Å². The predicted octanol–water partition coefficient (Wildman–Crippen LogP) is 1.79. The maximum atomic E-state index is 11.2. The first-order valence-electron chi connectivity index (χ1n) is 4.12. The van der Waals surface area contributed by atoms with Crippen molar-refractivity contribution in [2.45, 2.75) is 19.0 Å². The lowest BCUT2D eigenvalue weighted by molar-refractivity contribution is -0.119. The molecule has 0 fully saturated rings. The molecule has 1 heterocycles. The third-order valence-electron chi connectivity index (χ3n) is 1.53. The number of Topliss-reactive ketones (excluding diaryl/α,β-unsaturated/α-hetero) is 1. The van der Waals surface area contributed by atoms with Gasteiger partial charge in [0.2, 0.25) is 0 Å². The van der Waals surface area contributed by atoms with Crippen LogP contribution in [0.2, 0.25) is 0 Å². The van der Waals surface area contributed by atoms with E-state index in [9.17, 15) is 4.79 Å². The van der Waals surface area contributed by atoms with Gasteiger partial charge >= 0.3 is 0 Å². The Morgan fingerprint density at radius 3 is 2.62 bits per heavy atom. The predicted molar refractivity (Wildman–Crippen MR) is 52.6 cm³/mol. The number of hydrogen-bond acceptors (Lipinski definition) is 4. The van der Waals surface area contributed by atoms with Crippen LogP contribution in [0.4, 0.5) is 0 Å². The van der Waals surface area contributed by atoms with Gasteiger partial charge in [-0.15, -0.1) is 0 Å². The normalized spacial score (nSPS) is 10.4. The van der Waals surface area contributed by atoms with Crippen molar-refractivity contribution in [1.29, 1.82) is 0 Å². The summed E-state index contributed by atoms with van der Waals surface area (Å²) < 4.78 is 0. The molecular formula is C9H12N2OS. The van der Waals surface area contributed by atoms with Crippen molar-refractivity contribution in [3.8, 4) is 0 Å². The quantitative estimate of drug-likeness (QED) is 0.544. The monoisotopic (exact) mass is 196 g/mol. The summed E-state index contributed by atoms with van der Waals surface area (Å²) in [5, 5.41) is 0.663. The van der Waals surface area contributed by atoms with Crippen LogP contribution in [0.3, 0.4) is 0 Å². The second kappa shape index (κ2) is 4.97. The van der Waals surface area contributed by atoms with Gasteiger partial charge in [-0.1, -0.05) is 25.6 Å². The van der Waals surface area contributed by atoms with Crippen LogP contribution in [0.1, 0.15) is 13.8 Å². The summed E-state index contributed by atoms with van der Waals surface area (Å²) >= 11 is 1.39. The van der Waals surface area contributed by atoms with E-state index in [4.69, 9.17) is 0 Å². The Morgan fingerprint density at radius 1 is 1.46 bits per heavy atom. The zero-order valence-electron chi connectivity index (χ0n) is 7.73. The van der Waals surface area contributed by atoms with Crippen LogP contribution in [0, 0.1) is 5.92 Å². The third-order valence-corrected chi connectivity index (χ3v) is 2.43. The smallest absolute Gasteiger partial charge is 0.187 e. The maximum Gasteiger partial charge on any atom is 0.187 e. The van der Waals surface area contributed by atoms with Crippen LogP contribution in [-0.4, -0.2) is 21.5 Å². The highest BCUT2D eigenvalue weighted by atomic mass is 32.2. The van der Waals surface area contributed by atoms with E-state index >= 15 is 0 Å². The van der Waals surface area contributed by atoms with Gasteiger partial charge in [-0.2, -0.15) is 0 Å². The molecule has 0 aromatic carbocycles. The summed E-state index contributed by atoms with van der Waals surface area (Å²) in [4.78, 5) is 19.3. The summed E-state index contributed by atoms with van der Waals surface area (Å²) in [5.74, 6) is 0.787. The lowest BCUT2D eigenvalue weighted by Crippen LogP contribution is -2.09. The minimum atomic E-state index is 0.0937. The molecule has 0 aliphatic rings. The van der Waals surface area contributed by atoms with Gasteiger partial charge in [0.25, 0.3) is 0 Å². The van der Waals surface area contributed by atoms with Crippen molar-refractivity contribution in [3.63, 3.8) is 0 Å². The minimum absolute atomic E-state index is 0.0937. The average molecular weight is 196 g/mol. The molecule has 0 aliphatic carbocycles. The molecule has 0 amide bonds. The van der Waals surface area contributed by atoms with Crippen LogP contribution < -0.4 is 0 Å². The molecule has 0 unspecified atom stereocenters. The lowest BCUT2D eigenvalue weighted by Gasteiger charge is -2.01. The number of thioether (sulfide) groups is 1. The van der Waals surface area contributed by atoms with Gasteiger partial charge < -0.3 is 0 Å². The molecule has 0 saturated heterocycles. The van der Waals surface area contributed by atoms with Crippen LogP contribution in [0.15, 0.2) is 23.6 Å². The number of nitrogens with zero attached hydrogens (tertiary/aromatic N) is 2. The number of aromatic nitrogens is 2. The molecule has 0 atom stereocenters. The summed E-state index contributed by atoms with van der Waals surface area (Å²) in [6, 6.07) is 1.76. The number of rotatable bonds is 4. The highest BCUT2D eigenvalue weighted by molar-refractivity contribution is 7.99.